The molecule has 0 unspecified atom stereocenters. The highest BCUT2D eigenvalue weighted by atomic mass is 16.5. The Morgan fingerprint density at radius 1 is 1.19 bits per heavy atom. The zero-order valence-corrected chi connectivity index (χ0v) is 15.6. The summed E-state index contributed by atoms with van der Waals surface area (Å²) in [4.78, 5) is 11.7. The van der Waals surface area contributed by atoms with Crippen LogP contribution < -0.4 is 14.8 Å². The molecule has 3 rings (SSSR count). The SMILES string of the molecule is CC1(C)Cc2cccc(OCC#CCNC(=O)/C=C/c3ccccc3)c2O1. The highest BCUT2D eigenvalue weighted by Crippen LogP contribution is 2.41. The van der Waals surface area contributed by atoms with Crippen LogP contribution >= 0.6 is 0 Å². The lowest BCUT2D eigenvalue weighted by Gasteiger charge is -2.17. The molecule has 2 aromatic carbocycles. The number of hydrogen-bond donors (Lipinski definition) is 1. The molecule has 1 heterocycles. The maximum absolute atomic E-state index is 11.7. The second-order valence-electron chi connectivity index (χ2n) is 6.89. The summed E-state index contributed by atoms with van der Waals surface area (Å²) in [6, 6.07) is 15.6. The van der Waals surface area contributed by atoms with Gasteiger partial charge in [0.15, 0.2) is 11.5 Å². The van der Waals surface area contributed by atoms with E-state index in [0.717, 1.165) is 23.3 Å². The molecule has 1 N–H and O–H groups in total. The van der Waals surface area contributed by atoms with E-state index in [1.165, 1.54) is 6.08 Å². The van der Waals surface area contributed by atoms with Crippen molar-refractivity contribution < 1.29 is 14.3 Å². The van der Waals surface area contributed by atoms with Crippen molar-refractivity contribution in [1.29, 1.82) is 0 Å². The molecule has 2 aromatic rings. The van der Waals surface area contributed by atoms with E-state index in [2.05, 4.69) is 37.1 Å². The van der Waals surface area contributed by atoms with Crippen LogP contribution in [0.3, 0.4) is 0 Å². The summed E-state index contributed by atoms with van der Waals surface area (Å²) in [7, 11) is 0. The first-order chi connectivity index (χ1) is 13.0. The molecule has 0 spiro atoms. The fourth-order valence-corrected chi connectivity index (χ4v) is 2.85. The standard InChI is InChI=1S/C23H23NO3/c1-23(2)17-19-11-8-12-20(22(19)27-23)26-16-7-6-15-24-21(25)14-13-18-9-4-3-5-10-18/h3-5,8-14H,15-17H2,1-2H3,(H,24,25)/b14-13+. The largest absolute Gasteiger partial charge is 0.483 e. The van der Waals surface area contributed by atoms with Gasteiger partial charge < -0.3 is 14.8 Å². The first-order valence-electron chi connectivity index (χ1n) is 8.94. The molecule has 0 bridgehead atoms. The molecule has 0 fully saturated rings. The van der Waals surface area contributed by atoms with E-state index in [1.54, 1.807) is 6.08 Å². The van der Waals surface area contributed by atoms with Gasteiger partial charge in [-0.15, -0.1) is 0 Å². The van der Waals surface area contributed by atoms with E-state index >= 15 is 0 Å². The fraction of sp³-hybridized carbons (Fsp3) is 0.261. The lowest BCUT2D eigenvalue weighted by Crippen LogP contribution is -2.24. The average Bonchev–Trinajstić information content (AvgIpc) is 2.98. The minimum atomic E-state index is -0.203. The molecule has 138 valence electrons. The molecular weight excluding hydrogens is 338 g/mol. The second kappa shape index (κ2) is 8.46. The Hall–Kier alpha value is -3.19. The second-order valence-corrected chi connectivity index (χ2v) is 6.89. The number of amides is 1. The van der Waals surface area contributed by atoms with Crippen molar-refractivity contribution in [1.82, 2.24) is 5.32 Å². The summed E-state index contributed by atoms with van der Waals surface area (Å²) < 4.78 is 11.7. The number of para-hydroxylation sites is 1. The zero-order valence-electron chi connectivity index (χ0n) is 15.6. The quantitative estimate of drug-likeness (QED) is 0.654. The van der Waals surface area contributed by atoms with Crippen molar-refractivity contribution in [2.24, 2.45) is 0 Å². The van der Waals surface area contributed by atoms with E-state index in [9.17, 15) is 4.79 Å². The molecule has 4 nitrogen and oxygen atoms in total. The van der Waals surface area contributed by atoms with Crippen LogP contribution in [0.5, 0.6) is 11.5 Å². The van der Waals surface area contributed by atoms with Crippen LogP contribution in [0.15, 0.2) is 54.6 Å². The van der Waals surface area contributed by atoms with Crippen molar-refractivity contribution in [2.45, 2.75) is 25.9 Å². The maximum Gasteiger partial charge on any atom is 0.244 e. The first-order valence-corrected chi connectivity index (χ1v) is 8.94. The molecule has 27 heavy (non-hydrogen) atoms. The normalized spacial score (nSPS) is 14.0. The maximum atomic E-state index is 11.7. The van der Waals surface area contributed by atoms with Crippen LogP contribution in [0, 0.1) is 11.8 Å². The third-order valence-corrected chi connectivity index (χ3v) is 4.06. The summed E-state index contributed by atoms with van der Waals surface area (Å²) in [6.45, 7) is 4.64. The number of fused-ring (bicyclic) bond motifs is 1. The molecule has 0 radical (unpaired) electrons. The minimum Gasteiger partial charge on any atom is -0.483 e. The fourth-order valence-electron chi connectivity index (χ4n) is 2.85. The molecule has 0 aliphatic carbocycles. The van der Waals surface area contributed by atoms with E-state index in [-0.39, 0.29) is 24.7 Å². The number of carbonyl (C=O) groups excluding carboxylic acids is 1. The topological polar surface area (TPSA) is 47.6 Å². The van der Waals surface area contributed by atoms with E-state index < -0.39 is 0 Å². The smallest absolute Gasteiger partial charge is 0.244 e. The molecule has 0 aromatic heterocycles. The predicted octanol–water partition coefficient (Wildman–Crippen LogP) is 3.61. The van der Waals surface area contributed by atoms with Gasteiger partial charge in [0, 0.05) is 18.1 Å². The summed E-state index contributed by atoms with van der Waals surface area (Å²) in [5.41, 5.74) is 1.93. The van der Waals surface area contributed by atoms with Crippen LogP contribution in [-0.4, -0.2) is 24.7 Å². The van der Waals surface area contributed by atoms with E-state index in [1.807, 2.05) is 42.5 Å². The van der Waals surface area contributed by atoms with Gasteiger partial charge in [0.2, 0.25) is 5.91 Å². The Morgan fingerprint density at radius 2 is 2.00 bits per heavy atom. The highest BCUT2D eigenvalue weighted by molar-refractivity contribution is 5.91. The van der Waals surface area contributed by atoms with Gasteiger partial charge in [0.1, 0.15) is 12.2 Å². The van der Waals surface area contributed by atoms with Crippen LogP contribution in [0.4, 0.5) is 0 Å². The summed E-state index contributed by atoms with van der Waals surface area (Å²) in [6.07, 6.45) is 4.14. The number of benzene rings is 2. The Morgan fingerprint density at radius 3 is 2.81 bits per heavy atom. The molecule has 1 amide bonds. The number of ether oxygens (including phenoxy) is 2. The van der Waals surface area contributed by atoms with E-state index in [0.29, 0.717) is 5.75 Å². The van der Waals surface area contributed by atoms with Gasteiger partial charge in [-0.2, -0.15) is 0 Å². The van der Waals surface area contributed by atoms with Gasteiger partial charge in [-0.25, -0.2) is 0 Å². The molecule has 1 aliphatic rings. The van der Waals surface area contributed by atoms with Gasteiger partial charge in [-0.1, -0.05) is 54.3 Å². The molecule has 0 saturated heterocycles. The van der Waals surface area contributed by atoms with Crippen LogP contribution in [0.25, 0.3) is 6.08 Å². The molecule has 0 saturated carbocycles. The van der Waals surface area contributed by atoms with Gasteiger partial charge in [0.05, 0.1) is 6.54 Å². The van der Waals surface area contributed by atoms with Crippen LogP contribution in [-0.2, 0) is 11.2 Å². The Bertz CT molecular complexity index is 889. The number of rotatable bonds is 5. The van der Waals surface area contributed by atoms with Crippen molar-refractivity contribution in [3.8, 4) is 23.3 Å². The lowest BCUT2D eigenvalue weighted by molar-refractivity contribution is -0.116. The third-order valence-electron chi connectivity index (χ3n) is 4.06. The lowest BCUT2D eigenvalue weighted by atomic mass is 10.0. The Kier molecular flexibility index (Phi) is 5.83. The van der Waals surface area contributed by atoms with E-state index in [4.69, 9.17) is 9.47 Å². The number of carbonyl (C=O) groups is 1. The Balaban J connectivity index is 1.43. The number of hydrogen-bond acceptors (Lipinski definition) is 3. The molecule has 1 aliphatic heterocycles. The van der Waals surface area contributed by atoms with Crippen molar-refractivity contribution in [3.05, 3.63) is 65.7 Å². The van der Waals surface area contributed by atoms with Crippen molar-refractivity contribution >= 4 is 12.0 Å². The average molecular weight is 361 g/mol. The van der Waals surface area contributed by atoms with Crippen molar-refractivity contribution in [3.63, 3.8) is 0 Å². The molecular formula is C23H23NO3. The summed E-state index contributed by atoms with van der Waals surface area (Å²) in [5.74, 6) is 7.14. The van der Waals surface area contributed by atoms with Gasteiger partial charge in [-0.05, 0) is 31.6 Å². The van der Waals surface area contributed by atoms with Gasteiger partial charge >= 0.3 is 0 Å². The van der Waals surface area contributed by atoms with Gasteiger partial charge in [-0.3, -0.25) is 4.79 Å². The minimum absolute atomic E-state index is 0.175. The predicted molar refractivity (Wildman–Crippen MR) is 107 cm³/mol. The zero-order chi connectivity index (χ0) is 19.1. The van der Waals surface area contributed by atoms with Crippen LogP contribution in [0.2, 0.25) is 0 Å². The molecule has 0 atom stereocenters. The van der Waals surface area contributed by atoms with Crippen LogP contribution in [0.1, 0.15) is 25.0 Å². The number of nitrogens with one attached hydrogen (secondary N) is 1. The highest BCUT2D eigenvalue weighted by Gasteiger charge is 2.32. The Labute approximate surface area is 160 Å². The van der Waals surface area contributed by atoms with Gasteiger partial charge in [0.25, 0.3) is 0 Å². The monoisotopic (exact) mass is 361 g/mol. The third kappa shape index (κ3) is 5.39. The molecule has 4 heteroatoms. The summed E-state index contributed by atoms with van der Waals surface area (Å²) >= 11 is 0. The van der Waals surface area contributed by atoms with Crippen molar-refractivity contribution in [2.75, 3.05) is 13.2 Å². The first kappa shape index (κ1) is 18.6. The summed E-state index contributed by atoms with van der Waals surface area (Å²) in [5, 5.41) is 2.72.